The van der Waals surface area contributed by atoms with Crippen molar-refractivity contribution < 1.29 is 4.74 Å². The third-order valence-electron chi connectivity index (χ3n) is 3.69. The van der Waals surface area contributed by atoms with Gasteiger partial charge < -0.3 is 4.74 Å². The molecule has 1 aliphatic rings. The summed E-state index contributed by atoms with van der Waals surface area (Å²) < 4.78 is 7.55. The van der Waals surface area contributed by atoms with Crippen LogP contribution in [-0.2, 0) is 11.3 Å². The second kappa shape index (κ2) is 7.04. The van der Waals surface area contributed by atoms with Gasteiger partial charge in [-0.15, -0.1) is 5.10 Å². The summed E-state index contributed by atoms with van der Waals surface area (Å²) in [4.78, 5) is 0. The zero-order valence-electron chi connectivity index (χ0n) is 12.2. The van der Waals surface area contributed by atoms with E-state index >= 15 is 0 Å². The predicted molar refractivity (Wildman–Crippen MR) is 82.1 cm³/mol. The Balaban J connectivity index is 1.70. The Hall–Kier alpha value is -1.40. The van der Waals surface area contributed by atoms with E-state index in [0.717, 1.165) is 37.6 Å². The first-order valence-corrected chi connectivity index (χ1v) is 8.34. The first-order valence-electron chi connectivity index (χ1n) is 7.46. The van der Waals surface area contributed by atoms with Gasteiger partial charge in [0, 0.05) is 11.9 Å². The lowest BCUT2D eigenvalue weighted by atomic mass is 10.1. The van der Waals surface area contributed by atoms with Crippen LogP contribution in [0.25, 0.3) is 0 Å². The topological polar surface area (TPSA) is 52.8 Å². The van der Waals surface area contributed by atoms with Crippen molar-refractivity contribution in [1.29, 1.82) is 0 Å². The van der Waals surface area contributed by atoms with Gasteiger partial charge in [-0.3, -0.25) is 0 Å². The van der Waals surface area contributed by atoms with Gasteiger partial charge in [0.15, 0.2) is 0 Å². The molecule has 6 heteroatoms. The molecule has 0 aliphatic carbocycles. The van der Waals surface area contributed by atoms with Crippen molar-refractivity contribution in [3.05, 3.63) is 35.9 Å². The molecule has 1 aromatic carbocycles. The molecule has 2 aromatic rings. The molecule has 112 valence electrons. The minimum Gasteiger partial charge on any atom is -0.376 e. The maximum Gasteiger partial charge on any atom is 0.209 e. The lowest BCUT2D eigenvalue weighted by Gasteiger charge is -2.15. The van der Waals surface area contributed by atoms with E-state index in [1.54, 1.807) is 11.8 Å². The van der Waals surface area contributed by atoms with Crippen LogP contribution in [0.3, 0.4) is 0 Å². The van der Waals surface area contributed by atoms with E-state index in [1.165, 1.54) is 5.56 Å². The highest BCUT2D eigenvalue weighted by Crippen LogP contribution is 2.36. The molecule has 1 aliphatic heterocycles. The molecule has 0 bridgehead atoms. The van der Waals surface area contributed by atoms with Crippen LogP contribution in [0.2, 0.25) is 0 Å². The van der Waals surface area contributed by atoms with Crippen molar-refractivity contribution in [1.82, 2.24) is 20.2 Å². The van der Waals surface area contributed by atoms with Crippen LogP contribution in [0.1, 0.15) is 37.0 Å². The third kappa shape index (κ3) is 3.63. The molecule has 5 nitrogen and oxygen atoms in total. The van der Waals surface area contributed by atoms with Crippen molar-refractivity contribution in [3.63, 3.8) is 0 Å². The second-order valence-corrected chi connectivity index (χ2v) is 6.37. The Bertz CT molecular complexity index is 554. The normalized spacial score (nSPS) is 19.8. The predicted octanol–water partition coefficient (Wildman–Crippen LogP) is 3.10. The number of nitrogens with zero attached hydrogens (tertiary/aromatic N) is 4. The number of aromatic nitrogens is 4. The summed E-state index contributed by atoms with van der Waals surface area (Å²) in [5.41, 5.74) is 1.32. The van der Waals surface area contributed by atoms with E-state index in [0.29, 0.717) is 5.25 Å². The number of hydrogen-bond donors (Lipinski definition) is 0. The number of rotatable bonds is 6. The molecule has 2 unspecified atom stereocenters. The van der Waals surface area contributed by atoms with Crippen LogP contribution in [0, 0.1) is 0 Å². The van der Waals surface area contributed by atoms with Gasteiger partial charge in [-0.05, 0) is 35.3 Å². The highest BCUT2D eigenvalue weighted by molar-refractivity contribution is 7.99. The smallest absolute Gasteiger partial charge is 0.209 e. The summed E-state index contributed by atoms with van der Waals surface area (Å²) in [5.74, 6) is 0. The maximum absolute atomic E-state index is 5.67. The van der Waals surface area contributed by atoms with Crippen LogP contribution in [0.5, 0.6) is 0 Å². The molecule has 0 amide bonds. The van der Waals surface area contributed by atoms with Crippen LogP contribution in [-0.4, -0.2) is 32.9 Å². The fourth-order valence-electron chi connectivity index (χ4n) is 2.56. The molecule has 1 aromatic heterocycles. The van der Waals surface area contributed by atoms with E-state index < -0.39 is 0 Å². The van der Waals surface area contributed by atoms with Crippen LogP contribution < -0.4 is 0 Å². The Morgan fingerprint density at radius 3 is 2.95 bits per heavy atom. The van der Waals surface area contributed by atoms with Crippen molar-refractivity contribution in [2.75, 3.05) is 6.61 Å². The summed E-state index contributed by atoms with van der Waals surface area (Å²) in [6.07, 6.45) is 3.53. The van der Waals surface area contributed by atoms with E-state index in [9.17, 15) is 0 Å². The van der Waals surface area contributed by atoms with Gasteiger partial charge in [0.2, 0.25) is 5.16 Å². The number of hydrogen-bond acceptors (Lipinski definition) is 5. The molecule has 1 saturated heterocycles. The molecular formula is C15H20N4OS. The molecule has 0 radical (unpaired) electrons. The molecule has 0 spiro atoms. The summed E-state index contributed by atoms with van der Waals surface area (Å²) in [6, 6.07) is 10.5. The Kier molecular flexibility index (Phi) is 4.87. The average Bonchev–Trinajstić information content (AvgIpc) is 3.18. The highest BCUT2D eigenvalue weighted by Gasteiger charge is 2.21. The minimum atomic E-state index is 0.254. The fourth-order valence-corrected chi connectivity index (χ4v) is 3.59. The van der Waals surface area contributed by atoms with Gasteiger partial charge in [0.1, 0.15) is 0 Å². The van der Waals surface area contributed by atoms with Gasteiger partial charge in [-0.1, -0.05) is 49.0 Å². The molecular weight excluding hydrogens is 284 g/mol. The van der Waals surface area contributed by atoms with Crippen molar-refractivity contribution in [3.8, 4) is 0 Å². The maximum atomic E-state index is 5.67. The molecule has 0 N–H and O–H groups in total. The lowest BCUT2D eigenvalue weighted by Crippen LogP contribution is -2.17. The summed E-state index contributed by atoms with van der Waals surface area (Å²) in [7, 11) is 0. The fraction of sp³-hybridized carbons (Fsp3) is 0.533. The Labute approximate surface area is 129 Å². The molecule has 3 rings (SSSR count). The van der Waals surface area contributed by atoms with Crippen molar-refractivity contribution >= 4 is 11.8 Å². The zero-order valence-corrected chi connectivity index (χ0v) is 13.0. The third-order valence-corrected chi connectivity index (χ3v) is 5.08. The van der Waals surface area contributed by atoms with Crippen LogP contribution in [0.15, 0.2) is 35.5 Å². The second-order valence-electron chi connectivity index (χ2n) is 5.20. The quantitative estimate of drug-likeness (QED) is 0.768. The highest BCUT2D eigenvalue weighted by atomic mass is 32.2. The van der Waals surface area contributed by atoms with Gasteiger partial charge in [0.05, 0.1) is 12.6 Å². The number of thioether (sulfide) groups is 1. The van der Waals surface area contributed by atoms with Gasteiger partial charge in [-0.2, -0.15) is 0 Å². The summed E-state index contributed by atoms with van der Waals surface area (Å²) in [6.45, 7) is 3.80. The van der Waals surface area contributed by atoms with Crippen LogP contribution >= 0.6 is 11.8 Å². The van der Waals surface area contributed by atoms with E-state index in [2.05, 4.69) is 46.7 Å². The van der Waals surface area contributed by atoms with Gasteiger partial charge >= 0.3 is 0 Å². The zero-order chi connectivity index (χ0) is 14.5. The Morgan fingerprint density at radius 2 is 2.24 bits per heavy atom. The number of benzene rings is 1. The largest absolute Gasteiger partial charge is 0.376 e. The monoisotopic (exact) mass is 304 g/mol. The Morgan fingerprint density at radius 1 is 1.38 bits per heavy atom. The van der Waals surface area contributed by atoms with Gasteiger partial charge in [-0.25, -0.2) is 4.68 Å². The average molecular weight is 304 g/mol. The summed E-state index contributed by atoms with van der Waals surface area (Å²) in [5, 5.41) is 13.4. The number of ether oxygens (including phenoxy) is 1. The molecule has 1 fully saturated rings. The summed E-state index contributed by atoms with van der Waals surface area (Å²) >= 11 is 1.73. The lowest BCUT2D eigenvalue weighted by molar-refractivity contribution is 0.0911. The molecule has 0 saturated carbocycles. The SMILES string of the molecule is CCC(Sc1nnnn1CC1CCCO1)c1ccccc1. The van der Waals surface area contributed by atoms with Gasteiger partial charge in [0.25, 0.3) is 0 Å². The molecule has 21 heavy (non-hydrogen) atoms. The van der Waals surface area contributed by atoms with E-state index in [4.69, 9.17) is 4.74 Å². The first-order chi connectivity index (χ1) is 10.4. The van der Waals surface area contributed by atoms with Crippen molar-refractivity contribution in [2.24, 2.45) is 0 Å². The van der Waals surface area contributed by atoms with E-state index in [-0.39, 0.29) is 6.10 Å². The molecule has 2 atom stereocenters. The number of tetrazole rings is 1. The van der Waals surface area contributed by atoms with Crippen LogP contribution in [0.4, 0.5) is 0 Å². The standard InChI is InChI=1S/C15H20N4OS/c1-2-14(12-7-4-3-5-8-12)21-15-16-17-18-19(15)11-13-9-6-10-20-13/h3-5,7-8,13-14H,2,6,9-11H2,1H3. The first kappa shape index (κ1) is 14.5. The molecule has 2 heterocycles. The van der Waals surface area contributed by atoms with E-state index in [1.807, 2.05) is 10.7 Å². The van der Waals surface area contributed by atoms with Crippen molar-refractivity contribution in [2.45, 2.75) is 49.2 Å². The minimum absolute atomic E-state index is 0.254.